The Kier molecular flexibility index (Phi) is 5.44. The number of rotatable bonds is 3. The number of hydrogen-bond acceptors (Lipinski definition) is 4. The lowest BCUT2D eigenvalue weighted by Gasteiger charge is -2.37. The lowest BCUT2D eigenvalue weighted by molar-refractivity contribution is -0.140. The van der Waals surface area contributed by atoms with Crippen molar-refractivity contribution >= 4 is 11.7 Å². The molecule has 2 aliphatic heterocycles. The van der Waals surface area contributed by atoms with E-state index >= 15 is 0 Å². The molecule has 0 aromatic heterocycles. The highest BCUT2D eigenvalue weighted by molar-refractivity contribution is 5.98. The number of piperidine rings is 1. The molecule has 1 aromatic rings. The number of ether oxygens (including phenoxy) is 1. The van der Waals surface area contributed by atoms with Crippen molar-refractivity contribution in [3.05, 3.63) is 35.4 Å². The molecular weight excluding hydrogens is 330 g/mol. The number of benzene rings is 1. The van der Waals surface area contributed by atoms with E-state index in [0.717, 1.165) is 18.2 Å². The van der Waals surface area contributed by atoms with E-state index in [0.29, 0.717) is 39.1 Å². The van der Waals surface area contributed by atoms with E-state index in [1.165, 1.54) is 0 Å². The summed E-state index contributed by atoms with van der Waals surface area (Å²) in [5.41, 5.74) is -0.208. The molecule has 1 N–H and O–H groups in total. The van der Waals surface area contributed by atoms with Crippen LogP contribution in [0.1, 0.15) is 30.1 Å². The van der Waals surface area contributed by atoms with Gasteiger partial charge in [-0.2, -0.15) is 0 Å². The van der Waals surface area contributed by atoms with Crippen LogP contribution in [0.15, 0.2) is 18.2 Å². The predicted molar refractivity (Wildman–Crippen MR) is 87.2 cm³/mol. The number of carbonyl (C=O) groups excluding carboxylic acids is 2. The summed E-state index contributed by atoms with van der Waals surface area (Å²) in [5.74, 6) is -2.16. The van der Waals surface area contributed by atoms with Crippen LogP contribution in [0.4, 0.5) is 8.78 Å². The third-order valence-corrected chi connectivity index (χ3v) is 4.95. The number of hydrogen-bond donors (Lipinski definition) is 1. The molecule has 2 atom stereocenters. The Morgan fingerprint density at radius 2 is 1.96 bits per heavy atom. The number of morpholine rings is 1. The van der Waals surface area contributed by atoms with Crippen LogP contribution in [0.5, 0.6) is 0 Å². The Morgan fingerprint density at radius 1 is 1.24 bits per heavy atom. The summed E-state index contributed by atoms with van der Waals surface area (Å²) < 4.78 is 32.6. The van der Waals surface area contributed by atoms with E-state index < -0.39 is 23.3 Å². The van der Waals surface area contributed by atoms with Gasteiger partial charge in [-0.1, -0.05) is 0 Å². The van der Waals surface area contributed by atoms with Crippen molar-refractivity contribution in [2.75, 3.05) is 26.2 Å². The molecule has 2 fully saturated rings. The second kappa shape index (κ2) is 7.58. The Hall–Kier alpha value is -1.86. The maximum Gasteiger partial charge on any atom is 0.242 e. The minimum atomic E-state index is -0.706. The summed E-state index contributed by atoms with van der Waals surface area (Å²) in [4.78, 5) is 26.8. The molecule has 3 rings (SSSR count). The Labute approximate surface area is 145 Å². The van der Waals surface area contributed by atoms with Crippen LogP contribution >= 0.6 is 0 Å². The van der Waals surface area contributed by atoms with Crippen molar-refractivity contribution < 1.29 is 23.1 Å². The molecule has 2 saturated heterocycles. The summed E-state index contributed by atoms with van der Waals surface area (Å²) in [6.45, 7) is 3.93. The zero-order valence-corrected chi connectivity index (χ0v) is 14.1. The average Bonchev–Trinajstić information content (AvgIpc) is 2.63. The molecule has 1 amide bonds. The van der Waals surface area contributed by atoms with E-state index in [4.69, 9.17) is 4.74 Å². The zero-order chi connectivity index (χ0) is 18.0. The summed E-state index contributed by atoms with van der Waals surface area (Å²) in [6.07, 6.45) is 0.701. The van der Waals surface area contributed by atoms with Gasteiger partial charge in [-0.05, 0) is 38.0 Å². The molecule has 5 nitrogen and oxygen atoms in total. The first-order valence-corrected chi connectivity index (χ1v) is 8.60. The zero-order valence-electron chi connectivity index (χ0n) is 14.1. The van der Waals surface area contributed by atoms with Gasteiger partial charge in [0.05, 0.1) is 18.3 Å². The van der Waals surface area contributed by atoms with Gasteiger partial charge in [-0.25, -0.2) is 8.78 Å². The van der Waals surface area contributed by atoms with Gasteiger partial charge in [0.25, 0.3) is 0 Å². The third-order valence-electron chi connectivity index (χ3n) is 4.95. The number of amides is 1. The summed E-state index contributed by atoms with van der Waals surface area (Å²) in [5, 5.41) is 3.17. The fourth-order valence-corrected chi connectivity index (χ4v) is 3.47. The second-order valence-electron chi connectivity index (χ2n) is 6.60. The third kappa shape index (κ3) is 3.88. The van der Waals surface area contributed by atoms with Gasteiger partial charge in [0.1, 0.15) is 17.7 Å². The smallest absolute Gasteiger partial charge is 0.242 e. The average molecular weight is 352 g/mol. The second-order valence-corrected chi connectivity index (χ2v) is 6.60. The fraction of sp³-hybridized carbons (Fsp3) is 0.556. The first-order valence-electron chi connectivity index (χ1n) is 8.60. The minimum absolute atomic E-state index is 0.0324. The topological polar surface area (TPSA) is 58.6 Å². The first kappa shape index (κ1) is 17.9. The Morgan fingerprint density at radius 3 is 2.64 bits per heavy atom. The Bertz CT molecular complexity index is 660. The highest BCUT2D eigenvalue weighted by Gasteiger charge is 2.35. The molecule has 7 heteroatoms. The molecule has 0 radical (unpaired) electrons. The van der Waals surface area contributed by atoms with Gasteiger partial charge in [-0.3, -0.25) is 9.59 Å². The molecule has 0 unspecified atom stereocenters. The van der Waals surface area contributed by atoms with Crippen LogP contribution in [0.25, 0.3) is 0 Å². The number of likely N-dealkylation sites (tertiary alicyclic amines) is 1. The molecule has 0 aliphatic carbocycles. The quantitative estimate of drug-likeness (QED) is 0.843. The van der Waals surface area contributed by atoms with Crippen molar-refractivity contribution in [2.24, 2.45) is 5.92 Å². The maximum absolute atomic E-state index is 13.8. The van der Waals surface area contributed by atoms with Gasteiger partial charge in [0.2, 0.25) is 5.91 Å². The number of ketones is 1. The van der Waals surface area contributed by atoms with Crippen LogP contribution in [-0.4, -0.2) is 55.0 Å². The molecule has 0 spiro atoms. The molecule has 0 saturated carbocycles. The van der Waals surface area contributed by atoms with E-state index in [9.17, 15) is 18.4 Å². The van der Waals surface area contributed by atoms with Crippen molar-refractivity contribution in [2.45, 2.75) is 31.9 Å². The van der Waals surface area contributed by atoms with E-state index in [1.54, 1.807) is 4.90 Å². The molecule has 0 bridgehead atoms. The fourth-order valence-electron chi connectivity index (χ4n) is 3.47. The van der Waals surface area contributed by atoms with Gasteiger partial charge in [-0.15, -0.1) is 0 Å². The van der Waals surface area contributed by atoms with Gasteiger partial charge >= 0.3 is 0 Å². The van der Waals surface area contributed by atoms with Gasteiger partial charge < -0.3 is 15.0 Å². The number of carbonyl (C=O) groups is 2. The largest absolute Gasteiger partial charge is 0.375 e. The van der Waals surface area contributed by atoms with Crippen LogP contribution < -0.4 is 5.32 Å². The molecule has 1 aromatic carbocycles. The van der Waals surface area contributed by atoms with Crippen LogP contribution in [0.3, 0.4) is 0 Å². The summed E-state index contributed by atoms with van der Waals surface area (Å²) >= 11 is 0. The predicted octanol–water partition coefficient (Wildman–Crippen LogP) is 1.76. The first-order chi connectivity index (χ1) is 12.0. The molecule has 25 heavy (non-hydrogen) atoms. The molecular formula is C18H22F2N2O3. The van der Waals surface area contributed by atoms with Crippen LogP contribution in [-0.2, 0) is 9.53 Å². The van der Waals surface area contributed by atoms with Gasteiger partial charge in [0, 0.05) is 25.6 Å². The van der Waals surface area contributed by atoms with Crippen LogP contribution in [0.2, 0.25) is 0 Å². The monoisotopic (exact) mass is 352 g/mol. The summed E-state index contributed by atoms with van der Waals surface area (Å²) in [6, 6.07) is 2.53. The Balaban J connectivity index is 1.60. The van der Waals surface area contributed by atoms with Crippen molar-refractivity contribution in [3.63, 3.8) is 0 Å². The van der Waals surface area contributed by atoms with Crippen molar-refractivity contribution in [1.29, 1.82) is 0 Å². The highest BCUT2D eigenvalue weighted by atomic mass is 19.1. The highest BCUT2D eigenvalue weighted by Crippen LogP contribution is 2.24. The number of Topliss-reactive ketones (excluding diaryl/α,β-unsaturated/α-hetero) is 1. The molecule has 136 valence electrons. The van der Waals surface area contributed by atoms with Crippen molar-refractivity contribution in [1.82, 2.24) is 10.2 Å². The van der Waals surface area contributed by atoms with E-state index in [2.05, 4.69) is 5.32 Å². The SMILES string of the molecule is C[C@H]1OCCN[C@@H]1C(=O)N1CCC(C(=O)c2cc(F)ccc2F)CC1. The molecule has 2 heterocycles. The number of halogens is 2. The normalized spacial score (nSPS) is 25.0. The van der Waals surface area contributed by atoms with E-state index in [1.807, 2.05) is 6.92 Å². The summed E-state index contributed by atoms with van der Waals surface area (Å²) in [7, 11) is 0. The lowest BCUT2D eigenvalue weighted by Crippen LogP contribution is -2.57. The van der Waals surface area contributed by atoms with Crippen molar-refractivity contribution in [3.8, 4) is 0 Å². The minimum Gasteiger partial charge on any atom is -0.375 e. The van der Waals surface area contributed by atoms with Gasteiger partial charge in [0.15, 0.2) is 5.78 Å². The maximum atomic E-state index is 13.8. The van der Waals surface area contributed by atoms with Crippen LogP contribution in [0, 0.1) is 17.6 Å². The lowest BCUT2D eigenvalue weighted by atomic mass is 9.88. The number of nitrogens with one attached hydrogen (secondary N) is 1. The van der Waals surface area contributed by atoms with E-state index in [-0.39, 0.29) is 23.6 Å². The molecule has 2 aliphatic rings. The standard InChI is InChI=1S/C18H22F2N2O3/c1-11-16(21-6-9-25-11)18(24)22-7-4-12(5-8-22)17(23)14-10-13(19)2-3-15(14)20/h2-3,10-12,16,21H,4-9H2,1H3/t11-,16+/m1/s1. The number of nitrogens with zero attached hydrogens (tertiary/aromatic N) is 1.